The van der Waals surface area contributed by atoms with Gasteiger partial charge in [-0.15, -0.1) is 0 Å². The molecule has 2 fully saturated rings. The zero-order valence-electron chi connectivity index (χ0n) is 12.3. The molecule has 0 bridgehead atoms. The zero-order valence-corrected chi connectivity index (χ0v) is 12.3. The van der Waals surface area contributed by atoms with E-state index in [9.17, 15) is 9.59 Å². The van der Waals surface area contributed by atoms with Crippen molar-refractivity contribution < 1.29 is 9.59 Å². The molecule has 1 spiro atoms. The van der Waals surface area contributed by atoms with E-state index in [1.54, 1.807) is 0 Å². The summed E-state index contributed by atoms with van der Waals surface area (Å²) < 4.78 is 0. The van der Waals surface area contributed by atoms with E-state index in [2.05, 4.69) is 28.4 Å². The fourth-order valence-corrected chi connectivity index (χ4v) is 5.41. The molecular weight excluding hydrogens is 276 g/mol. The topological polar surface area (TPSA) is 49.4 Å². The molecule has 0 radical (unpaired) electrons. The largest absolute Gasteiger partial charge is 0.377 e. The standard InChI is InChI=1S/C18H18N2O2/c21-10-12-8-11-4-3-7-20-15(22)9-18(17(11)20)13-5-1-2-6-14(13)19-16(12)18/h1-2,5-6,8,10-11,16-17,19H,3-4,7,9H2/t11-,16-,17-,18-/m1/s1. The molecule has 1 aliphatic carbocycles. The molecular formula is C18H18N2O2. The number of amides is 1. The van der Waals surface area contributed by atoms with Crippen LogP contribution in [0.4, 0.5) is 5.69 Å². The van der Waals surface area contributed by atoms with E-state index >= 15 is 0 Å². The first-order valence-electron chi connectivity index (χ1n) is 8.08. The summed E-state index contributed by atoms with van der Waals surface area (Å²) in [6.45, 7) is 0.862. The highest BCUT2D eigenvalue weighted by Crippen LogP contribution is 2.58. The van der Waals surface area contributed by atoms with Gasteiger partial charge in [0.25, 0.3) is 0 Å². The van der Waals surface area contributed by atoms with Gasteiger partial charge < -0.3 is 10.2 Å². The maximum Gasteiger partial charge on any atom is 0.223 e. The van der Waals surface area contributed by atoms with Gasteiger partial charge in [0.2, 0.25) is 5.91 Å². The highest BCUT2D eigenvalue weighted by molar-refractivity contribution is 5.89. The Morgan fingerprint density at radius 3 is 3.05 bits per heavy atom. The third-order valence-corrected chi connectivity index (χ3v) is 6.09. The average molecular weight is 294 g/mol. The Bertz CT molecular complexity index is 726. The van der Waals surface area contributed by atoms with E-state index in [0.717, 1.165) is 36.9 Å². The highest BCUT2D eigenvalue weighted by atomic mass is 16.2. The van der Waals surface area contributed by atoms with Gasteiger partial charge in [-0.05, 0) is 30.4 Å². The lowest BCUT2D eigenvalue weighted by Gasteiger charge is -2.48. The summed E-state index contributed by atoms with van der Waals surface area (Å²) in [6.07, 6.45) is 5.75. The second kappa shape index (κ2) is 4.00. The van der Waals surface area contributed by atoms with Crippen LogP contribution in [0.3, 0.4) is 0 Å². The van der Waals surface area contributed by atoms with Crippen molar-refractivity contribution >= 4 is 17.9 Å². The van der Waals surface area contributed by atoms with Crippen LogP contribution >= 0.6 is 0 Å². The summed E-state index contributed by atoms with van der Waals surface area (Å²) in [7, 11) is 0. The second-order valence-electron chi connectivity index (χ2n) is 6.96. The van der Waals surface area contributed by atoms with Crippen molar-refractivity contribution in [3.05, 3.63) is 41.5 Å². The lowest BCUT2D eigenvalue weighted by molar-refractivity contribution is -0.130. The van der Waals surface area contributed by atoms with Gasteiger partial charge in [0.1, 0.15) is 6.29 Å². The molecule has 2 saturated heterocycles. The number of carbonyl (C=O) groups excluding carboxylic acids is 2. The van der Waals surface area contributed by atoms with E-state index < -0.39 is 0 Å². The van der Waals surface area contributed by atoms with Crippen molar-refractivity contribution in [2.45, 2.75) is 36.8 Å². The van der Waals surface area contributed by atoms with Gasteiger partial charge in [0, 0.05) is 24.2 Å². The van der Waals surface area contributed by atoms with E-state index in [1.807, 2.05) is 12.1 Å². The van der Waals surface area contributed by atoms with Crippen molar-refractivity contribution in [1.29, 1.82) is 0 Å². The van der Waals surface area contributed by atoms with Gasteiger partial charge in [-0.25, -0.2) is 0 Å². The molecule has 3 aliphatic heterocycles. The summed E-state index contributed by atoms with van der Waals surface area (Å²) in [5.74, 6) is 0.559. The Kier molecular flexibility index (Phi) is 2.26. The molecule has 4 nitrogen and oxygen atoms in total. The average Bonchev–Trinajstić information content (AvgIpc) is 3.04. The highest BCUT2D eigenvalue weighted by Gasteiger charge is 2.65. The number of hydrogen-bond acceptors (Lipinski definition) is 3. The number of benzene rings is 1. The number of hydrogen-bond donors (Lipinski definition) is 1. The number of carbonyl (C=O) groups is 2. The minimum Gasteiger partial charge on any atom is -0.377 e. The van der Waals surface area contributed by atoms with Crippen LogP contribution in [0.25, 0.3) is 0 Å². The van der Waals surface area contributed by atoms with E-state index in [0.29, 0.717) is 12.3 Å². The zero-order chi connectivity index (χ0) is 14.9. The first kappa shape index (κ1) is 12.4. The molecule has 0 unspecified atom stereocenters. The predicted octanol–water partition coefficient (Wildman–Crippen LogP) is 1.87. The number of aldehydes is 1. The molecule has 4 aliphatic rings. The molecule has 4 heteroatoms. The minimum atomic E-state index is -0.260. The summed E-state index contributed by atoms with van der Waals surface area (Å²) in [5.41, 5.74) is 2.87. The Morgan fingerprint density at radius 2 is 2.18 bits per heavy atom. The first-order valence-corrected chi connectivity index (χ1v) is 8.08. The molecule has 22 heavy (non-hydrogen) atoms. The van der Waals surface area contributed by atoms with Crippen LogP contribution in [0.2, 0.25) is 0 Å². The number of nitrogens with one attached hydrogen (secondary N) is 1. The number of para-hydroxylation sites is 1. The molecule has 112 valence electrons. The predicted molar refractivity (Wildman–Crippen MR) is 82.5 cm³/mol. The Labute approximate surface area is 129 Å². The summed E-state index contributed by atoms with van der Waals surface area (Å²) in [4.78, 5) is 26.4. The normalized spacial score (nSPS) is 37.8. The molecule has 1 N–H and O–H groups in total. The minimum absolute atomic E-state index is 0.0595. The van der Waals surface area contributed by atoms with Crippen molar-refractivity contribution in [1.82, 2.24) is 4.90 Å². The van der Waals surface area contributed by atoms with Crippen LogP contribution in [0.15, 0.2) is 35.9 Å². The van der Waals surface area contributed by atoms with Crippen LogP contribution in [-0.4, -0.2) is 35.7 Å². The van der Waals surface area contributed by atoms with Gasteiger partial charge in [0.05, 0.1) is 17.5 Å². The Balaban J connectivity index is 1.79. The van der Waals surface area contributed by atoms with Crippen molar-refractivity contribution in [3.63, 3.8) is 0 Å². The van der Waals surface area contributed by atoms with Crippen molar-refractivity contribution in [3.8, 4) is 0 Å². The van der Waals surface area contributed by atoms with Gasteiger partial charge in [0.15, 0.2) is 0 Å². The van der Waals surface area contributed by atoms with E-state index in [-0.39, 0.29) is 23.4 Å². The van der Waals surface area contributed by atoms with Gasteiger partial charge >= 0.3 is 0 Å². The Hall–Kier alpha value is -2.10. The van der Waals surface area contributed by atoms with Gasteiger partial charge in [-0.1, -0.05) is 24.3 Å². The first-order chi connectivity index (χ1) is 10.8. The maximum atomic E-state index is 12.7. The van der Waals surface area contributed by atoms with Crippen LogP contribution in [-0.2, 0) is 15.0 Å². The molecule has 1 amide bonds. The van der Waals surface area contributed by atoms with Crippen LogP contribution in [0.5, 0.6) is 0 Å². The van der Waals surface area contributed by atoms with Gasteiger partial charge in [-0.2, -0.15) is 0 Å². The smallest absolute Gasteiger partial charge is 0.223 e. The lowest BCUT2D eigenvalue weighted by atomic mass is 9.60. The van der Waals surface area contributed by atoms with Crippen molar-refractivity contribution in [2.24, 2.45) is 5.92 Å². The summed E-state index contributed by atoms with van der Waals surface area (Å²) in [5, 5.41) is 3.53. The van der Waals surface area contributed by atoms with Crippen LogP contribution in [0, 0.1) is 5.92 Å². The molecule has 5 rings (SSSR count). The number of piperidine rings is 1. The maximum absolute atomic E-state index is 12.7. The Morgan fingerprint density at radius 1 is 1.32 bits per heavy atom. The molecule has 0 saturated carbocycles. The molecule has 1 aromatic rings. The fourth-order valence-electron chi connectivity index (χ4n) is 5.41. The monoisotopic (exact) mass is 294 g/mol. The number of rotatable bonds is 1. The van der Waals surface area contributed by atoms with Crippen LogP contribution in [0.1, 0.15) is 24.8 Å². The van der Waals surface area contributed by atoms with Crippen LogP contribution < -0.4 is 5.32 Å². The van der Waals surface area contributed by atoms with Gasteiger partial charge in [-0.3, -0.25) is 9.59 Å². The summed E-state index contributed by atoms with van der Waals surface area (Å²) in [6, 6.07) is 8.40. The quantitative estimate of drug-likeness (QED) is 0.804. The van der Waals surface area contributed by atoms with Crippen molar-refractivity contribution in [2.75, 3.05) is 11.9 Å². The van der Waals surface area contributed by atoms with E-state index in [1.165, 1.54) is 5.56 Å². The SMILES string of the molecule is O=CC1=C[C@H]2CCCN3C(=O)C[C@]4(c5ccccc5N[C@H]14)[C@@H]23. The second-order valence-corrected chi connectivity index (χ2v) is 6.96. The fraction of sp³-hybridized carbons (Fsp3) is 0.444. The molecule has 0 aromatic heterocycles. The third kappa shape index (κ3) is 1.25. The van der Waals surface area contributed by atoms with E-state index in [4.69, 9.17) is 0 Å². The lowest BCUT2D eigenvalue weighted by Crippen LogP contribution is -2.58. The third-order valence-electron chi connectivity index (χ3n) is 6.09. The molecule has 3 heterocycles. The molecule has 4 atom stereocenters. The summed E-state index contributed by atoms with van der Waals surface area (Å²) >= 11 is 0. The number of fused-ring (bicyclic) bond motifs is 1. The number of anilines is 1. The number of nitrogens with zero attached hydrogens (tertiary/aromatic N) is 1. The molecule has 1 aromatic carbocycles.